The van der Waals surface area contributed by atoms with Gasteiger partial charge in [0.2, 0.25) is 11.7 Å². The van der Waals surface area contributed by atoms with Crippen molar-refractivity contribution < 1.29 is 4.79 Å². The zero-order chi connectivity index (χ0) is 19.2. The summed E-state index contributed by atoms with van der Waals surface area (Å²) in [5.74, 6) is 0.582. The number of aromatic nitrogens is 4. The third-order valence-corrected chi connectivity index (χ3v) is 5.05. The summed E-state index contributed by atoms with van der Waals surface area (Å²) in [7, 11) is 0. The van der Waals surface area contributed by atoms with Crippen LogP contribution in [0.5, 0.6) is 0 Å². The molecule has 0 atom stereocenters. The molecule has 7 heteroatoms. The molecule has 1 saturated heterocycles. The standard InChI is InChI=1S/C21H24N6O/c28-20(17-27-23-21(22-24-27)19-9-5-2-6-10-19)26-15-13-25(14-16-26)12-11-18-7-3-1-4-8-18/h1-10H,11-17H2. The highest BCUT2D eigenvalue weighted by Crippen LogP contribution is 2.12. The summed E-state index contributed by atoms with van der Waals surface area (Å²) in [6, 6.07) is 20.2. The SMILES string of the molecule is O=C(Cn1nnc(-c2ccccc2)n1)N1CCN(CCc2ccccc2)CC1. The number of benzene rings is 2. The number of hydrogen-bond acceptors (Lipinski definition) is 5. The van der Waals surface area contributed by atoms with E-state index in [0.717, 1.165) is 44.7 Å². The third kappa shape index (κ3) is 4.61. The van der Waals surface area contributed by atoms with Crippen LogP contribution >= 0.6 is 0 Å². The highest BCUT2D eigenvalue weighted by molar-refractivity contribution is 5.76. The van der Waals surface area contributed by atoms with Crippen molar-refractivity contribution in [1.29, 1.82) is 0 Å². The molecule has 0 saturated carbocycles. The van der Waals surface area contributed by atoms with E-state index in [1.807, 2.05) is 41.3 Å². The van der Waals surface area contributed by atoms with Crippen LogP contribution in [0.15, 0.2) is 60.7 Å². The summed E-state index contributed by atoms with van der Waals surface area (Å²) in [6.45, 7) is 4.44. The van der Waals surface area contributed by atoms with Gasteiger partial charge in [0.25, 0.3) is 0 Å². The van der Waals surface area contributed by atoms with Crippen LogP contribution in [-0.4, -0.2) is 68.6 Å². The van der Waals surface area contributed by atoms with E-state index in [2.05, 4.69) is 44.6 Å². The fourth-order valence-corrected chi connectivity index (χ4v) is 3.39. The Hall–Kier alpha value is -3.06. The Balaban J connectivity index is 1.25. The predicted octanol–water partition coefficient (Wildman–Crippen LogP) is 1.73. The smallest absolute Gasteiger partial charge is 0.246 e. The third-order valence-electron chi connectivity index (χ3n) is 5.05. The van der Waals surface area contributed by atoms with Gasteiger partial charge in [-0.2, -0.15) is 4.80 Å². The van der Waals surface area contributed by atoms with Gasteiger partial charge in [0.05, 0.1) is 0 Å². The molecule has 2 heterocycles. The molecular formula is C21H24N6O. The van der Waals surface area contributed by atoms with Crippen LogP contribution in [0.1, 0.15) is 5.56 Å². The number of tetrazole rings is 1. The van der Waals surface area contributed by atoms with Crippen molar-refractivity contribution in [3.8, 4) is 11.4 Å². The van der Waals surface area contributed by atoms with Crippen LogP contribution in [0.25, 0.3) is 11.4 Å². The zero-order valence-electron chi connectivity index (χ0n) is 15.8. The van der Waals surface area contributed by atoms with E-state index in [0.29, 0.717) is 5.82 Å². The highest BCUT2D eigenvalue weighted by Gasteiger charge is 2.22. The number of carbonyl (C=O) groups is 1. The predicted molar refractivity (Wildman–Crippen MR) is 106 cm³/mol. The molecular weight excluding hydrogens is 352 g/mol. The number of piperazine rings is 1. The fraction of sp³-hybridized carbons (Fsp3) is 0.333. The minimum atomic E-state index is 0.0414. The van der Waals surface area contributed by atoms with Gasteiger partial charge in [0.1, 0.15) is 6.54 Å². The van der Waals surface area contributed by atoms with Gasteiger partial charge in [-0.1, -0.05) is 60.7 Å². The van der Waals surface area contributed by atoms with Crippen molar-refractivity contribution in [1.82, 2.24) is 30.0 Å². The van der Waals surface area contributed by atoms with Gasteiger partial charge < -0.3 is 4.90 Å². The number of hydrogen-bond donors (Lipinski definition) is 0. The van der Waals surface area contributed by atoms with Crippen LogP contribution in [0, 0.1) is 0 Å². The normalized spacial score (nSPS) is 14.9. The molecule has 0 N–H and O–H groups in total. The average Bonchev–Trinajstić information content (AvgIpc) is 3.22. The van der Waals surface area contributed by atoms with Crippen LogP contribution in [0.4, 0.5) is 0 Å². The quantitative estimate of drug-likeness (QED) is 0.655. The van der Waals surface area contributed by atoms with E-state index in [4.69, 9.17) is 0 Å². The van der Waals surface area contributed by atoms with Crippen molar-refractivity contribution in [2.75, 3.05) is 32.7 Å². The molecule has 0 spiro atoms. The van der Waals surface area contributed by atoms with Crippen LogP contribution in [0.3, 0.4) is 0 Å². The molecule has 7 nitrogen and oxygen atoms in total. The molecule has 3 aromatic rings. The maximum atomic E-state index is 12.6. The molecule has 2 aromatic carbocycles. The molecule has 1 aliphatic rings. The molecule has 0 radical (unpaired) electrons. The summed E-state index contributed by atoms with van der Waals surface area (Å²) >= 11 is 0. The number of amides is 1. The maximum Gasteiger partial charge on any atom is 0.246 e. The van der Waals surface area contributed by atoms with Gasteiger partial charge in [0.15, 0.2) is 0 Å². The Morgan fingerprint density at radius 1 is 0.893 bits per heavy atom. The van der Waals surface area contributed by atoms with E-state index in [9.17, 15) is 4.79 Å². The lowest BCUT2D eigenvalue weighted by atomic mass is 10.1. The lowest BCUT2D eigenvalue weighted by Crippen LogP contribution is -2.50. The highest BCUT2D eigenvalue weighted by atomic mass is 16.2. The molecule has 1 aromatic heterocycles. The van der Waals surface area contributed by atoms with E-state index in [-0.39, 0.29) is 12.5 Å². The summed E-state index contributed by atoms with van der Waals surface area (Å²) < 4.78 is 0. The molecule has 0 bridgehead atoms. The first-order valence-corrected chi connectivity index (χ1v) is 9.65. The maximum absolute atomic E-state index is 12.6. The molecule has 0 aliphatic carbocycles. The molecule has 1 amide bonds. The van der Waals surface area contributed by atoms with Crippen LogP contribution < -0.4 is 0 Å². The minimum Gasteiger partial charge on any atom is -0.338 e. The lowest BCUT2D eigenvalue weighted by Gasteiger charge is -2.34. The van der Waals surface area contributed by atoms with Crippen molar-refractivity contribution in [3.05, 3.63) is 66.2 Å². The largest absolute Gasteiger partial charge is 0.338 e. The second-order valence-corrected chi connectivity index (χ2v) is 6.97. The van der Waals surface area contributed by atoms with Gasteiger partial charge in [0, 0.05) is 38.3 Å². The van der Waals surface area contributed by atoms with E-state index >= 15 is 0 Å². The summed E-state index contributed by atoms with van der Waals surface area (Å²) in [4.78, 5) is 18.3. The van der Waals surface area contributed by atoms with E-state index < -0.39 is 0 Å². The second-order valence-electron chi connectivity index (χ2n) is 6.97. The fourth-order valence-electron chi connectivity index (χ4n) is 3.39. The number of rotatable bonds is 6. The van der Waals surface area contributed by atoms with E-state index in [1.165, 1.54) is 10.4 Å². The van der Waals surface area contributed by atoms with Gasteiger partial charge >= 0.3 is 0 Å². The summed E-state index contributed by atoms with van der Waals surface area (Å²) in [6.07, 6.45) is 1.04. The summed E-state index contributed by atoms with van der Waals surface area (Å²) in [5, 5.41) is 12.4. The van der Waals surface area contributed by atoms with Gasteiger partial charge in [-0.25, -0.2) is 0 Å². The Morgan fingerprint density at radius 3 is 2.29 bits per heavy atom. The second kappa shape index (κ2) is 8.75. The first kappa shape index (κ1) is 18.3. The van der Waals surface area contributed by atoms with Gasteiger partial charge in [-0.3, -0.25) is 9.69 Å². The van der Waals surface area contributed by atoms with Crippen LogP contribution in [-0.2, 0) is 17.8 Å². The minimum absolute atomic E-state index is 0.0414. The van der Waals surface area contributed by atoms with Gasteiger partial charge in [-0.15, -0.1) is 10.2 Å². The molecule has 28 heavy (non-hydrogen) atoms. The van der Waals surface area contributed by atoms with Crippen LogP contribution in [0.2, 0.25) is 0 Å². The Kier molecular flexibility index (Phi) is 5.72. The zero-order valence-corrected chi connectivity index (χ0v) is 15.8. The molecule has 144 valence electrons. The first-order valence-electron chi connectivity index (χ1n) is 9.65. The molecule has 1 aliphatic heterocycles. The van der Waals surface area contributed by atoms with Gasteiger partial charge in [-0.05, 0) is 17.2 Å². The van der Waals surface area contributed by atoms with Crippen molar-refractivity contribution in [2.24, 2.45) is 0 Å². The Bertz CT molecular complexity index is 888. The monoisotopic (exact) mass is 376 g/mol. The Morgan fingerprint density at radius 2 is 1.57 bits per heavy atom. The summed E-state index contributed by atoms with van der Waals surface area (Å²) in [5.41, 5.74) is 2.25. The van der Waals surface area contributed by atoms with E-state index in [1.54, 1.807) is 0 Å². The van der Waals surface area contributed by atoms with Crippen molar-refractivity contribution in [3.63, 3.8) is 0 Å². The lowest BCUT2D eigenvalue weighted by molar-refractivity contribution is -0.134. The molecule has 1 fully saturated rings. The molecule has 4 rings (SSSR count). The topological polar surface area (TPSA) is 67.2 Å². The Labute approximate surface area is 164 Å². The number of nitrogens with zero attached hydrogens (tertiary/aromatic N) is 6. The molecule has 0 unspecified atom stereocenters. The average molecular weight is 376 g/mol. The number of carbonyl (C=O) groups excluding carboxylic acids is 1. The first-order chi connectivity index (χ1) is 13.8. The van der Waals surface area contributed by atoms with Crippen molar-refractivity contribution >= 4 is 5.91 Å². The van der Waals surface area contributed by atoms with Crippen molar-refractivity contribution in [2.45, 2.75) is 13.0 Å².